The van der Waals surface area contributed by atoms with Crippen LogP contribution in [0.4, 0.5) is 0 Å². The molecule has 0 spiro atoms. The average Bonchev–Trinajstić information content (AvgIpc) is 2.91. The number of rotatable bonds is 3. The predicted octanol–water partition coefficient (Wildman–Crippen LogP) is -1.11. The van der Waals surface area contributed by atoms with Gasteiger partial charge in [0.05, 0.1) is 17.3 Å². The van der Waals surface area contributed by atoms with Crippen LogP contribution < -0.4 is 0 Å². The van der Waals surface area contributed by atoms with Crippen LogP contribution in [0.1, 0.15) is 16.7 Å². The van der Waals surface area contributed by atoms with Gasteiger partial charge in [-0.15, -0.1) is 0 Å². The summed E-state index contributed by atoms with van der Waals surface area (Å²) >= 11 is 1.90. The quantitative estimate of drug-likeness (QED) is 0.447. The number of aliphatic hydroxyl groups is 3. The van der Waals surface area contributed by atoms with Gasteiger partial charge in [-0.05, 0) is 22.6 Å². The van der Waals surface area contributed by atoms with E-state index in [4.69, 9.17) is 9.84 Å². The number of aromatic nitrogens is 2. The third-order valence-electron chi connectivity index (χ3n) is 2.84. The summed E-state index contributed by atoms with van der Waals surface area (Å²) in [5, 5.41) is 32.5. The standard InChI is InChI=1S/C10H13IN2O6/c1-18-10(17)6-4(11)2-13(12-6)9-8(16)7(15)5(3-14)19-9/h2,5,7-9,14-16H,3H2,1H3. The molecule has 0 radical (unpaired) electrons. The second-order valence-corrected chi connectivity index (χ2v) is 5.19. The molecule has 106 valence electrons. The minimum atomic E-state index is -1.24. The van der Waals surface area contributed by atoms with Crippen LogP contribution in [-0.2, 0) is 9.47 Å². The van der Waals surface area contributed by atoms with E-state index in [0.717, 1.165) is 0 Å². The minimum absolute atomic E-state index is 0.0980. The van der Waals surface area contributed by atoms with E-state index in [9.17, 15) is 15.0 Å². The summed E-state index contributed by atoms with van der Waals surface area (Å²) in [7, 11) is 1.24. The Bertz CT molecular complexity index is 479. The van der Waals surface area contributed by atoms with Crippen LogP contribution in [0.3, 0.4) is 0 Å². The van der Waals surface area contributed by atoms with E-state index >= 15 is 0 Å². The summed E-state index contributed by atoms with van der Waals surface area (Å²) in [6.45, 7) is -0.420. The van der Waals surface area contributed by atoms with Crippen molar-refractivity contribution in [3.8, 4) is 0 Å². The summed E-state index contributed by atoms with van der Waals surface area (Å²) in [6.07, 6.45) is -2.80. The Balaban J connectivity index is 2.26. The molecule has 19 heavy (non-hydrogen) atoms. The van der Waals surface area contributed by atoms with Crippen molar-refractivity contribution in [1.82, 2.24) is 9.78 Å². The van der Waals surface area contributed by atoms with Crippen LogP contribution in [0, 0.1) is 3.57 Å². The van der Waals surface area contributed by atoms with Crippen molar-refractivity contribution in [3.05, 3.63) is 15.5 Å². The van der Waals surface area contributed by atoms with Gasteiger partial charge < -0.3 is 24.8 Å². The lowest BCUT2D eigenvalue weighted by atomic mass is 10.1. The van der Waals surface area contributed by atoms with Crippen molar-refractivity contribution in [2.24, 2.45) is 0 Å². The minimum Gasteiger partial charge on any atom is -0.464 e. The maximum atomic E-state index is 11.4. The molecule has 3 N–H and O–H groups in total. The number of esters is 1. The van der Waals surface area contributed by atoms with E-state index in [1.165, 1.54) is 18.0 Å². The fraction of sp³-hybridized carbons (Fsp3) is 0.600. The first-order valence-corrected chi connectivity index (χ1v) is 6.53. The van der Waals surface area contributed by atoms with Crippen LogP contribution in [-0.4, -0.2) is 63.1 Å². The molecular formula is C10H13IN2O6. The number of hydrogen-bond acceptors (Lipinski definition) is 7. The first-order valence-electron chi connectivity index (χ1n) is 5.45. The molecule has 1 aliphatic rings. The molecule has 2 rings (SSSR count). The highest BCUT2D eigenvalue weighted by atomic mass is 127. The van der Waals surface area contributed by atoms with Crippen LogP contribution >= 0.6 is 22.6 Å². The van der Waals surface area contributed by atoms with Crippen LogP contribution in [0.2, 0.25) is 0 Å². The third kappa shape index (κ3) is 2.60. The van der Waals surface area contributed by atoms with Gasteiger partial charge in [-0.1, -0.05) is 0 Å². The monoisotopic (exact) mass is 384 g/mol. The molecule has 4 unspecified atom stereocenters. The zero-order chi connectivity index (χ0) is 14.2. The highest BCUT2D eigenvalue weighted by molar-refractivity contribution is 14.1. The van der Waals surface area contributed by atoms with Gasteiger partial charge in [0.15, 0.2) is 11.9 Å². The summed E-state index contributed by atoms with van der Waals surface area (Å²) in [5.74, 6) is -0.602. The molecule has 0 saturated carbocycles. The largest absolute Gasteiger partial charge is 0.464 e. The maximum absolute atomic E-state index is 11.4. The number of ether oxygens (including phenoxy) is 2. The van der Waals surface area contributed by atoms with Gasteiger partial charge in [-0.25, -0.2) is 9.48 Å². The summed E-state index contributed by atoms with van der Waals surface area (Å²) in [6, 6.07) is 0. The van der Waals surface area contributed by atoms with E-state index in [2.05, 4.69) is 9.84 Å². The Labute approximate surface area is 122 Å². The number of nitrogens with zero attached hydrogens (tertiary/aromatic N) is 2. The molecule has 0 aliphatic carbocycles. The summed E-state index contributed by atoms with van der Waals surface area (Å²) in [4.78, 5) is 11.4. The van der Waals surface area contributed by atoms with Crippen molar-refractivity contribution in [3.63, 3.8) is 0 Å². The van der Waals surface area contributed by atoms with Crippen LogP contribution in [0.5, 0.6) is 0 Å². The van der Waals surface area contributed by atoms with E-state index in [-0.39, 0.29) is 5.69 Å². The first kappa shape index (κ1) is 14.7. The number of hydrogen-bond donors (Lipinski definition) is 3. The lowest BCUT2D eigenvalue weighted by Gasteiger charge is -2.14. The molecule has 1 aromatic heterocycles. The third-order valence-corrected chi connectivity index (χ3v) is 3.63. The van der Waals surface area contributed by atoms with Crippen LogP contribution in [0.15, 0.2) is 6.20 Å². The molecule has 2 heterocycles. The van der Waals surface area contributed by atoms with E-state index in [0.29, 0.717) is 3.57 Å². The second-order valence-electron chi connectivity index (χ2n) is 4.03. The van der Waals surface area contributed by atoms with E-state index in [1.807, 2.05) is 22.6 Å². The molecule has 1 aromatic rings. The van der Waals surface area contributed by atoms with Crippen molar-refractivity contribution in [2.75, 3.05) is 13.7 Å². The molecule has 9 heteroatoms. The van der Waals surface area contributed by atoms with Gasteiger partial charge in [0.25, 0.3) is 0 Å². The topological polar surface area (TPSA) is 114 Å². The fourth-order valence-corrected chi connectivity index (χ4v) is 2.45. The Morgan fingerprint density at radius 3 is 2.79 bits per heavy atom. The zero-order valence-corrected chi connectivity index (χ0v) is 12.1. The highest BCUT2D eigenvalue weighted by Gasteiger charge is 2.44. The zero-order valence-electron chi connectivity index (χ0n) is 9.93. The van der Waals surface area contributed by atoms with Gasteiger partial charge in [0.2, 0.25) is 0 Å². The van der Waals surface area contributed by atoms with Crippen LogP contribution in [0.25, 0.3) is 0 Å². The molecule has 0 bridgehead atoms. The number of methoxy groups -OCH3 is 1. The number of carbonyl (C=O) groups excluding carboxylic acids is 1. The molecule has 1 saturated heterocycles. The van der Waals surface area contributed by atoms with Crippen molar-refractivity contribution >= 4 is 28.6 Å². The van der Waals surface area contributed by atoms with Gasteiger partial charge in [0, 0.05) is 6.20 Å². The molecule has 0 aromatic carbocycles. The van der Waals surface area contributed by atoms with Gasteiger partial charge in [0.1, 0.15) is 18.3 Å². The summed E-state index contributed by atoms with van der Waals surface area (Å²) < 4.78 is 11.6. The summed E-state index contributed by atoms with van der Waals surface area (Å²) in [5.41, 5.74) is 0.0980. The highest BCUT2D eigenvalue weighted by Crippen LogP contribution is 2.29. The normalized spacial score (nSPS) is 30.6. The average molecular weight is 384 g/mol. The Morgan fingerprint density at radius 1 is 1.58 bits per heavy atom. The Morgan fingerprint density at radius 2 is 2.26 bits per heavy atom. The number of carbonyl (C=O) groups is 1. The number of halogens is 1. The van der Waals surface area contributed by atoms with Gasteiger partial charge in [-0.3, -0.25) is 0 Å². The molecular weight excluding hydrogens is 371 g/mol. The smallest absolute Gasteiger partial charge is 0.359 e. The Kier molecular flexibility index (Phi) is 4.40. The number of aliphatic hydroxyl groups excluding tert-OH is 3. The maximum Gasteiger partial charge on any atom is 0.359 e. The van der Waals surface area contributed by atoms with Gasteiger partial charge in [-0.2, -0.15) is 5.10 Å². The second kappa shape index (κ2) is 5.71. The first-order chi connectivity index (χ1) is 8.99. The lowest BCUT2D eigenvalue weighted by molar-refractivity contribution is -0.0588. The van der Waals surface area contributed by atoms with Crippen molar-refractivity contribution in [1.29, 1.82) is 0 Å². The van der Waals surface area contributed by atoms with E-state index in [1.54, 1.807) is 0 Å². The molecule has 1 aliphatic heterocycles. The fourth-order valence-electron chi connectivity index (χ4n) is 1.83. The lowest BCUT2D eigenvalue weighted by Crippen LogP contribution is -2.33. The molecule has 4 atom stereocenters. The van der Waals surface area contributed by atoms with E-state index < -0.39 is 37.1 Å². The van der Waals surface area contributed by atoms with Gasteiger partial charge >= 0.3 is 5.97 Å². The predicted molar refractivity (Wildman–Crippen MR) is 69.3 cm³/mol. The van der Waals surface area contributed by atoms with Crippen molar-refractivity contribution < 1.29 is 29.6 Å². The Hall–Kier alpha value is -0.750. The molecule has 8 nitrogen and oxygen atoms in total. The molecule has 0 amide bonds. The van der Waals surface area contributed by atoms with Crippen molar-refractivity contribution in [2.45, 2.75) is 24.5 Å². The molecule has 1 fully saturated rings. The SMILES string of the molecule is COC(=O)c1nn(C2OC(CO)C(O)C2O)cc1I.